The van der Waals surface area contributed by atoms with Gasteiger partial charge in [0.2, 0.25) is 5.95 Å². The fourth-order valence-corrected chi connectivity index (χ4v) is 2.60. The first-order valence-corrected chi connectivity index (χ1v) is 8.44. The molecule has 1 aliphatic heterocycles. The number of aromatic nitrogens is 3. The molecule has 6 nitrogen and oxygen atoms in total. The normalized spacial score (nSPS) is 17.7. The Bertz CT molecular complexity index is 663. The molecule has 1 atom stereocenters. The van der Waals surface area contributed by atoms with Gasteiger partial charge < -0.3 is 15.4 Å². The summed E-state index contributed by atoms with van der Waals surface area (Å²) in [4.78, 5) is 13.6. The molecule has 128 valence electrons. The Labute approximate surface area is 143 Å². The van der Waals surface area contributed by atoms with Crippen molar-refractivity contribution in [3.8, 4) is 11.4 Å². The van der Waals surface area contributed by atoms with Crippen LogP contribution in [0.1, 0.15) is 33.6 Å². The molecule has 1 aliphatic rings. The summed E-state index contributed by atoms with van der Waals surface area (Å²) in [5.74, 6) is 1.38. The number of anilines is 2. The van der Waals surface area contributed by atoms with E-state index in [1.54, 1.807) is 6.20 Å². The van der Waals surface area contributed by atoms with E-state index < -0.39 is 0 Å². The third kappa shape index (κ3) is 4.64. The Balaban J connectivity index is 1.84. The van der Waals surface area contributed by atoms with Gasteiger partial charge in [-0.2, -0.15) is 4.98 Å². The standard InChI is InChI=1S/C18H25N5O/c1-18(2,3)23-17-21-15(14-8-4-5-9-19-14)11-16(22-17)20-12-13-7-6-10-24-13/h4-5,8-9,11,13H,6-7,10,12H2,1-3H3,(H2,20,21,22,23)/t13-/m1/s1. The molecule has 0 aromatic carbocycles. The second-order valence-electron chi connectivity index (χ2n) is 7.07. The molecule has 0 unspecified atom stereocenters. The van der Waals surface area contributed by atoms with Gasteiger partial charge in [-0.25, -0.2) is 4.98 Å². The lowest BCUT2D eigenvalue weighted by molar-refractivity contribution is 0.120. The van der Waals surface area contributed by atoms with Gasteiger partial charge in [0.25, 0.3) is 0 Å². The maximum Gasteiger partial charge on any atom is 0.225 e. The van der Waals surface area contributed by atoms with Gasteiger partial charge in [0.05, 0.1) is 17.5 Å². The predicted octanol–water partition coefficient (Wildman–Crippen LogP) is 3.34. The first-order valence-electron chi connectivity index (χ1n) is 8.44. The lowest BCUT2D eigenvalue weighted by atomic mass is 10.1. The van der Waals surface area contributed by atoms with E-state index in [0.717, 1.165) is 43.2 Å². The molecular weight excluding hydrogens is 302 g/mol. The second-order valence-corrected chi connectivity index (χ2v) is 7.07. The van der Waals surface area contributed by atoms with Crippen LogP contribution >= 0.6 is 0 Å². The van der Waals surface area contributed by atoms with Crippen molar-refractivity contribution in [1.29, 1.82) is 0 Å². The molecule has 0 saturated carbocycles. The van der Waals surface area contributed by atoms with Crippen molar-refractivity contribution in [2.45, 2.75) is 45.3 Å². The Hall–Kier alpha value is -2.21. The van der Waals surface area contributed by atoms with E-state index in [9.17, 15) is 0 Å². The summed E-state index contributed by atoms with van der Waals surface area (Å²) in [7, 11) is 0. The summed E-state index contributed by atoms with van der Waals surface area (Å²) in [5, 5.41) is 6.72. The van der Waals surface area contributed by atoms with Crippen LogP contribution in [0.4, 0.5) is 11.8 Å². The highest BCUT2D eigenvalue weighted by molar-refractivity contribution is 5.61. The van der Waals surface area contributed by atoms with Gasteiger partial charge in [0.1, 0.15) is 5.82 Å². The minimum Gasteiger partial charge on any atom is -0.376 e. The molecule has 2 aromatic rings. The van der Waals surface area contributed by atoms with E-state index in [4.69, 9.17) is 4.74 Å². The minimum atomic E-state index is -0.116. The van der Waals surface area contributed by atoms with Crippen molar-refractivity contribution in [3.05, 3.63) is 30.5 Å². The van der Waals surface area contributed by atoms with Crippen LogP contribution in [-0.4, -0.2) is 39.7 Å². The van der Waals surface area contributed by atoms with Crippen molar-refractivity contribution >= 4 is 11.8 Å². The fourth-order valence-electron chi connectivity index (χ4n) is 2.60. The smallest absolute Gasteiger partial charge is 0.225 e. The molecule has 0 radical (unpaired) electrons. The van der Waals surface area contributed by atoms with Crippen molar-refractivity contribution in [1.82, 2.24) is 15.0 Å². The van der Waals surface area contributed by atoms with Crippen LogP contribution in [0.5, 0.6) is 0 Å². The molecule has 24 heavy (non-hydrogen) atoms. The third-order valence-electron chi connectivity index (χ3n) is 3.68. The lowest BCUT2D eigenvalue weighted by Gasteiger charge is -2.21. The van der Waals surface area contributed by atoms with E-state index in [1.807, 2.05) is 24.3 Å². The van der Waals surface area contributed by atoms with Gasteiger partial charge in [0.15, 0.2) is 0 Å². The minimum absolute atomic E-state index is 0.116. The molecule has 1 fully saturated rings. The topological polar surface area (TPSA) is 72.0 Å². The van der Waals surface area contributed by atoms with Crippen molar-refractivity contribution in [2.24, 2.45) is 0 Å². The van der Waals surface area contributed by atoms with Crippen LogP contribution in [0.3, 0.4) is 0 Å². The Morgan fingerprint density at radius 1 is 1.21 bits per heavy atom. The SMILES string of the molecule is CC(C)(C)Nc1nc(NC[C@H]2CCCO2)cc(-c2ccccn2)n1. The number of hydrogen-bond donors (Lipinski definition) is 2. The van der Waals surface area contributed by atoms with E-state index in [1.165, 1.54) is 0 Å². The maximum atomic E-state index is 5.67. The van der Waals surface area contributed by atoms with Gasteiger partial charge >= 0.3 is 0 Å². The van der Waals surface area contributed by atoms with E-state index in [0.29, 0.717) is 5.95 Å². The van der Waals surface area contributed by atoms with Crippen LogP contribution in [0, 0.1) is 0 Å². The summed E-state index contributed by atoms with van der Waals surface area (Å²) in [6, 6.07) is 7.74. The van der Waals surface area contributed by atoms with Crippen molar-refractivity contribution < 1.29 is 4.74 Å². The van der Waals surface area contributed by atoms with Gasteiger partial charge in [0, 0.05) is 31.0 Å². The number of nitrogens with zero attached hydrogens (tertiary/aromatic N) is 3. The Morgan fingerprint density at radius 2 is 2.08 bits per heavy atom. The zero-order chi connectivity index (χ0) is 17.0. The highest BCUT2D eigenvalue weighted by atomic mass is 16.5. The van der Waals surface area contributed by atoms with E-state index in [-0.39, 0.29) is 11.6 Å². The average Bonchev–Trinajstić information content (AvgIpc) is 3.05. The summed E-state index contributed by atoms with van der Waals surface area (Å²) in [5.41, 5.74) is 1.51. The Morgan fingerprint density at radius 3 is 2.75 bits per heavy atom. The van der Waals surface area contributed by atoms with Gasteiger partial charge in [-0.05, 0) is 45.7 Å². The summed E-state index contributed by atoms with van der Waals surface area (Å²) in [6.07, 6.45) is 4.26. The summed E-state index contributed by atoms with van der Waals surface area (Å²) in [6.45, 7) is 7.87. The molecule has 2 aromatic heterocycles. The monoisotopic (exact) mass is 327 g/mol. The number of hydrogen-bond acceptors (Lipinski definition) is 6. The lowest BCUT2D eigenvalue weighted by Crippen LogP contribution is -2.28. The number of nitrogens with one attached hydrogen (secondary N) is 2. The maximum absolute atomic E-state index is 5.67. The summed E-state index contributed by atoms with van der Waals surface area (Å²) < 4.78 is 5.67. The molecule has 3 rings (SSSR count). The molecule has 2 N–H and O–H groups in total. The van der Waals surface area contributed by atoms with Crippen LogP contribution in [0.15, 0.2) is 30.5 Å². The predicted molar refractivity (Wildman–Crippen MR) is 96.1 cm³/mol. The molecule has 3 heterocycles. The average molecular weight is 327 g/mol. The second kappa shape index (κ2) is 7.13. The quantitative estimate of drug-likeness (QED) is 0.877. The molecule has 0 bridgehead atoms. The zero-order valence-corrected chi connectivity index (χ0v) is 14.5. The molecular formula is C18H25N5O. The first-order chi connectivity index (χ1) is 11.5. The molecule has 0 amide bonds. The molecule has 0 spiro atoms. The van der Waals surface area contributed by atoms with Gasteiger partial charge in [-0.3, -0.25) is 4.98 Å². The summed E-state index contributed by atoms with van der Waals surface area (Å²) >= 11 is 0. The fraction of sp³-hybridized carbons (Fsp3) is 0.500. The highest BCUT2D eigenvalue weighted by Gasteiger charge is 2.17. The van der Waals surface area contributed by atoms with Crippen molar-refractivity contribution in [3.63, 3.8) is 0 Å². The van der Waals surface area contributed by atoms with Crippen LogP contribution in [0.2, 0.25) is 0 Å². The van der Waals surface area contributed by atoms with Crippen LogP contribution < -0.4 is 10.6 Å². The molecule has 0 aliphatic carbocycles. The first kappa shape index (κ1) is 16.6. The third-order valence-corrected chi connectivity index (χ3v) is 3.68. The Kier molecular flexibility index (Phi) is 4.94. The number of ether oxygens (including phenoxy) is 1. The molecule has 1 saturated heterocycles. The largest absolute Gasteiger partial charge is 0.376 e. The van der Waals surface area contributed by atoms with Crippen LogP contribution in [0.25, 0.3) is 11.4 Å². The number of pyridine rings is 1. The van der Waals surface area contributed by atoms with Gasteiger partial charge in [-0.1, -0.05) is 6.07 Å². The van der Waals surface area contributed by atoms with Gasteiger partial charge in [-0.15, -0.1) is 0 Å². The van der Waals surface area contributed by atoms with Crippen molar-refractivity contribution in [2.75, 3.05) is 23.8 Å². The van der Waals surface area contributed by atoms with E-state index >= 15 is 0 Å². The van der Waals surface area contributed by atoms with Crippen LogP contribution in [-0.2, 0) is 4.74 Å². The highest BCUT2D eigenvalue weighted by Crippen LogP contribution is 2.22. The number of rotatable bonds is 5. The zero-order valence-electron chi connectivity index (χ0n) is 14.5. The molecule has 6 heteroatoms. The van der Waals surface area contributed by atoms with E-state index in [2.05, 4.69) is 46.4 Å².